The van der Waals surface area contributed by atoms with Crippen LogP contribution in [0.15, 0.2) is 29.2 Å². The Bertz CT molecular complexity index is 1140. The molecule has 8 heteroatoms. The fourth-order valence-corrected chi connectivity index (χ4v) is 4.29. The number of hydrogen-bond acceptors (Lipinski definition) is 6. The number of nitrogens with one attached hydrogen (secondary N) is 2. The monoisotopic (exact) mass is 425 g/mol. The zero-order valence-corrected chi connectivity index (χ0v) is 18.9. The molecule has 8 nitrogen and oxygen atoms in total. The van der Waals surface area contributed by atoms with Gasteiger partial charge in [-0.3, -0.25) is 9.78 Å². The number of aryl methyl sites for hydroxylation is 1. The Morgan fingerprint density at radius 3 is 2.71 bits per heavy atom. The average molecular weight is 426 g/mol. The highest BCUT2D eigenvalue weighted by Gasteiger charge is 2.37. The van der Waals surface area contributed by atoms with Crippen LogP contribution in [0, 0.1) is 6.92 Å². The van der Waals surface area contributed by atoms with Crippen LogP contribution in [0.4, 0.5) is 5.95 Å². The molecular weight excluding hydrogens is 394 g/mol. The molecule has 0 aliphatic carbocycles. The van der Waals surface area contributed by atoms with Crippen LogP contribution in [0.1, 0.15) is 44.7 Å². The van der Waals surface area contributed by atoms with Crippen molar-refractivity contribution < 1.29 is 9.47 Å². The highest BCUT2D eigenvalue weighted by atomic mass is 16.5. The van der Waals surface area contributed by atoms with Crippen LogP contribution in [-0.2, 0) is 15.7 Å². The summed E-state index contributed by atoms with van der Waals surface area (Å²) in [5.74, 6) is 1.32. The Labute approximate surface area is 182 Å². The molecule has 1 aliphatic rings. The fourth-order valence-electron chi connectivity index (χ4n) is 4.29. The van der Waals surface area contributed by atoms with Crippen LogP contribution in [0.25, 0.3) is 11.0 Å². The molecule has 1 saturated heterocycles. The summed E-state index contributed by atoms with van der Waals surface area (Å²) in [5.41, 5.74) is 2.26. The Morgan fingerprint density at radius 2 is 2.03 bits per heavy atom. The zero-order chi connectivity index (χ0) is 22.2. The molecule has 2 N–H and O–H groups in total. The molecule has 1 fully saturated rings. The van der Waals surface area contributed by atoms with Crippen LogP contribution in [0.5, 0.6) is 5.75 Å². The largest absolute Gasteiger partial charge is 0.496 e. The first-order valence-electron chi connectivity index (χ1n) is 10.7. The normalized spacial score (nSPS) is 16.4. The molecule has 3 heterocycles. The first-order valence-corrected chi connectivity index (χ1v) is 10.7. The SMILES string of the molecule is COc1ccc(C)cc1C1(CNc2nc3c(cnn3C(C)(C)C)c(=O)[nH]2)CCOCC1. The van der Waals surface area contributed by atoms with Gasteiger partial charge in [0.05, 0.1) is 18.8 Å². The van der Waals surface area contributed by atoms with Gasteiger partial charge in [-0.25, -0.2) is 4.68 Å². The summed E-state index contributed by atoms with van der Waals surface area (Å²) in [6, 6.07) is 6.28. The molecule has 1 aliphatic heterocycles. The number of anilines is 1. The second kappa shape index (κ2) is 8.00. The van der Waals surface area contributed by atoms with Gasteiger partial charge >= 0.3 is 0 Å². The summed E-state index contributed by atoms with van der Waals surface area (Å²) < 4.78 is 13.2. The third-order valence-electron chi connectivity index (χ3n) is 6.04. The second-order valence-electron chi connectivity index (χ2n) is 9.33. The van der Waals surface area contributed by atoms with Crippen molar-refractivity contribution in [2.75, 3.05) is 32.2 Å². The van der Waals surface area contributed by atoms with E-state index in [2.05, 4.69) is 34.5 Å². The number of aromatic amines is 1. The van der Waals surface area contributed by atoms with Crippen molar-refractivity contribution in [1.82, 2.24) is 19.7 Å². The summed E-state index contributed by atoms with van der Waals surface area (Å²) in [6.45, 7) is 10.2. The van der Waals surface area contributed by atoms with E-state index >= 15 is 0 Å². The molecule has 0 saturated carbocycles. The van der Waals surface area contributed by atoms with Gasteiger partial charge in [0, 0.05) is 30.7 Å². The van der Waals surface area contributed by atoms with Crippen LogP contribution in [0.2, 0.25) is 0 Å². The molecule has 1 aromatic carbocycles. The third kappa shape index (κ3) is 4.04. The topological polar surface area (TPSA) is 94.1 Å². The Kier molecular flexibility index (Phi) is 5.51. The van der Waals surface area contributed by atoms with E-state index in [0.29, 0.717) is 36.7 Å². The van der Waals surface area contributed by atoms with E-state index in [1.807, 2.05) is 26.8 Å². The average Bonchev–Trinajstić information content (AvgIpc) is 3.18. The molecule has 0 bridgehead atoms. The highest BCUT2D eigenvalue weighted by Crippen LogP contribution is 2.40. The minimum absolute atomic E-state index is 0.187. The number of methoxy groups -OCH3 is 1. The zero-order valence-electron chi connectivity index (χ0n) is 18.9. The van der Waals surface area contributed by atoms with E-state index in [9.17, 15) is 4.79 Å². The number of hydrogen-bond donors (Lipinski definition) is 2. The summed E-state index contributed by atoms with van der Waals surface area (Å²) in [6.07, 6.45) is 3.28. The van der Waals surface area contributed by atoms with Gasteiger partial charge < -0.3 is 14.8 Å². The third-order valence-corrected chi connectivity index (χ3v) is 6.04. The molecule has 4 rings (SSSR count). The number of fused-ring (bicyclic) bond motifs is 1. The predicted molar refractivity (Wildman–Crippen MR) is 121 cm³/mol. The van der Waals surface area contributed by atoms with E-state index < -0.39 is 0 Å². The molecule has 0 atom stereocenters. The Morgan fingerprint density at radius 1 is 1.29 bits per heavy atom. The van der Waals surface area contributed by atoms with E-state index in [1.54, 1.807) is 18.0 Å². The molecule has 0 unspecified atom stereocenters. The molecular formula is C23H31N5O3. The van der Waals surface area contributed by atoms with Gasteiger partial charge in [-0.15, -0.1) is 0 Å². The standard InChI is InChI=1S/C23H31N5O3/c1-15-6-7-18(30-5)17(12-15)23(8-10-31-11-9-23)14-24-21-26-19-16(20(29)27-21)13-25-28(19)22(2,3)4/h6-7,12-13H,8-11,14H2,1-5H3,(H2,24,26,27,29). The van der Waals surface area contributed by atoms with Crippen molar-refractivity contribution in [3.05, 3.63) is 45.9 Å². The minimum Gasteiger partial charge on any atom is -0.496 e. The lowest BCUT2D eigenvalue weighted by Gasteiger charge is -2.39. The number of ether oxygens (including phenoxy) is 2. The summed E-state index contributed by atoms with van der Waals surface area (Å²) in [5, 5.41) is 8.28. The van der Waals surface area contributed by atoms with Crippen molar-refractivity contribution in [2.24, 2.45) is 0 Å². The van der Waals surface area contributed by atoms with E-state index in [-0.39, 0.29) is 16.5 Å². The molecule has 0 radical (unpaired) electrons. The van der Waals surface area contributed by atoms with Crippen molar-refractivity contribution in [1.29, 1.82) is 0 Å². The molecule has 31 heavy (non-hydrogen) atoms. The number of rotatable bonds is 5. The Balaban J connectivity index is 1.71. The van der Waals surface area contributed by atoms with E-state index in [1.165, 1.54) is 5.56 Å². The maximum Gasteiger partial charge on any atom is 0.263 e. The van der Waals surface area contributed by atoms with Gasteiger partial charge in [0.25, 0.3) is 5.56 Å². The molecule has 166 valence electrons. The van der Waals surface area contributed by atoms with Crippen LogP contribution in [-0.4, -0.2) is 46.6 Å². The molecule has 0 amide bonds. The Hall–Kier alpha value is -2.87. The lowest BCUT2D eigenvalue weighted by molar-refractivity contribution is 0.0535. The first-order chi connectivity index (χ1) is 14.7. The molecule has 3 aromatic rings. The lowest BCUT2D eigenvalue weighted by atomic mass is 9.73. The van der Waals surface area contributed by atoms with Gasteiger partial charge in [0.15, 0.2) is 5.65 Å². The lowest BCUT2D eigenvalue weighted by Crippen LogP contribution is -2.41. The number of H-pyrrole nitrogens is 1. The summed E-state index contributed by atoms with van der Waals surface area (Å²) >= 11 is 0. The molecule has 2 aromatic heterocycles. The van der Waals surface area contributed by atoms with E-state index in [0.717, 1.165) is 24.2 Å². The maximum absolute atomic E-state index is 12.7. The maximum atomic E-state index is 12.7. The van der Waals surface area contributed by atoms with Gasteiger partial charge in [-0.1, -0.05) is 17.7 Å². The van der Waals surface area contributed by atoms with Crippen molar-refractivity contribution in [2.45, 2.75) is 51.5 Å². The highest BCUT2D eigenvalue weighted by molar-refractivity contribution is 5.74. The number of aromatic nitrogens is 4. The summed E-state index contributed by atoms with van der Waals surface area (Å²) in [7, 11) is 1.70. The van der Waals surface area contributed by atoms with Crippen molar-refractivity contribution in [3.8, 4) is 5.75 Å². The predicted octanol–water partition coefficient (Wildman–Crippen LogP) is 3.35. The number of benzene rings is 1. The van der Waals surface area contributed by atoms with Crippen LogP contribution < -0.4 is 15.6 Å². The van der Waals surface area contributed by atoms with E-state index in [4.69, 9.17) is 14.5 Å². The second-order valence-corrected chi connectivity index (χ2v) is 9.33. The van der Waals surface area contributed by atoms with Crippen LogP contribution >= 0.6 is 0 Å². The summed E-state index contributed by atoms with van der Waals surface area (Å²) in [4.78, 5) is 20.2. The van der Waals surface area contributed by atoms with Gasteiger partial charge in [-0.2, -0.15) is 10.1 Å². The smallest absolute Gasteiger partial charge is 0.263 e. The number of nitrogens with zero attached hydrogens (tertiary/aromatic N) is 3. The van der Waals surface area contributed by atoms with Crippen LogP contribution in [0.3, 0.4) is 0 Å². The minimum atomic E-state index is -0.281. The first kappa shape index (κ1) is 21.4. The van der Waals surface area contributed by atoms with Crippen molar-refractivity contribution in [3.63, 3.8) is 0 Å². The van der Waals surface area contributed by atoms with Crippen molar-refractivity contribution >= 4 is 17.0 Å². The fraction of sp³-hybridized carbons (Fsp3) is 0.522. The van der Waals surface area contributed by atoms with Gasteiger partial charge in [0.2, 0.25) is 5.95 Å². The quantitative estimate of drug-likeness (QED) is 0.651. The van der Waals surface area contributed by atoms with Gasteiger partial charge in [-0.05, 0) is 46.6 Å². The van der Waals surface area contributed by atoms with Gasteiger partial charge in [0.1, 0.15) is 11.1 Å². The molecule has 0 spiro atoms.